The number of esters is 1. The summed E-state index contributed by atoms with van der Waals surface area (Å²) >= 11 is 6.84. The number of ketones is 1. The number of carbonyl (C=O) groups is 3. The number of carbonyl (C=O) groups excluding carboxylic acids is 3. The van der Waals surface area contributed by atoms with Crippen molar-refractivity contribution in [3.05, 3.63) is 51.2 Å². The Morgan fingerprint density at radius 2 is 1.78 bits per heavy atom. The van der Waals surface area contributed by atoms with E-state index in [-0.39, 0.29) is 5.78 Å². The van der Waals surface area contributed by atoms with Crippen LogP contribution in [0.5, 0.6) is 0 Å². The van der Waals surface area contributed by atoms with Gasteiger partial charge in [-0.05, 0) is 50.2 Å². The molecule has 0 saturated carbocycles. The van der Waals surface area contributed by atoms with Gasteiger partial charge in [0.05, 0.1) is 4.34 Å². The molecule has 1 amide bonds. The van der Waals surface area contributed by atoms with E-state index in [1.165, 1.54) is 13.8 Å². The highest BCUT2D eigenvalue weighted by atomic mass is 35.5. The first-order chi connectivity index (χ1) is 10.9. The predicted octanol–water partition coefficient (Wildman–Crippen LogP) is 3.79. The fraction of sp³-hybridized carbons (Fsp3) is 0.188. The Kier molecular flexibility index (Phi) is 5.52. The molecule has 1 heterocycles. The molecular weight excluding hydrogens is 338 g/mol. The van der Waals surface area contributed by atoms with E-state index in [4.69, 9.17) is 16.3 Å². The van der Waals surface area contributed by atoms with Crippen LogP contribution in [-0.4, -0.2) is 23.8 Å². The van der Waals surface area contributed by atoms with E-state index < -0.39 is 18.0 Å². The molecule has 0 unspecified atom stereocenters. The lowest BCUT2D eigenvalue weighted by Crippen LogP contribution is -2.29. The van der Waals surface area contributed by atoms with Crippen molar-refractivity contribution in [2.45, 2.75) is 20.0 Å². The SMILES string of the molecule is CC(=O)c1ccc(NC(=O)[C@H](C)OC(=O)c2ccc(Cl)s2)cc1. The third-order valence-electron chi connectivity index (χ3n) is 2.99. The second kappa shape index (κ2) is 7.39. The summed E-state index contributed by atoms with van der Waals surface area (Å²) in [4.78, 5) is 35.4. The Balaban J connectivity index is 1.94. The highest BCUT2D eigenvalue weighted by Crippen LogP contribution is 2.22. The predicted molar refractivity (Wildman–Crippen MR) is 89.3 cm³/mol. The van der Waals surface area contributed by atoms with Gasteiger partial charge < -0.3 is 10.1 Å². The fourth-order valence-electron chi connectivity index (χ4n) is 1.73. The molecule has 1 aromatic carbocycles. The highest BCUT2D eigenvalue weighted by molar-refractivity contribution is 7.17. The van der Waals surface area contributed by atoms with Gasteiger partial charge in [-0.25, -0.2) is 4.79 Å². The Morgan fingerprint density at radius 3 is 2.30 bits per heavy atom. The van der Waals surface area contributed by atoms with Crippen molar-refractivity contribution in [1.29, 1.82) is 0 Å². The monoisotopic (exact) mass is 351 g/mol. The molecule has 0 aliphatic heterocycles. The molecule has 7 heteroatoms. The van der Waals surface area contributed by atoms with Crippen LogP contribution < -0.4 is 5.32 Å². The van der Waals surface area contributed by atoms with Crippen molar-refractivity contribution in [3.8, 4) is 0 Å². The normalized spacial score (nSPS) is 11.6. The minimum Gasteiger partial charge on any atom is -0.448 e. The summed E-state index contributed by atoms with van der Waals surface area (Å²) in [5.74, 6) is -1.12. The van der Waals surface area contributed by atoms with E-state index in [1.54, 1.807) is 36.4 Å². The van der Waals surface area contributed by atoms with E-state index in [9.17, 15) is 14.4 Å². The van der Waals surface area contributed by atoms with Crippen molar-refractivity contribution >= 4 is 46.3 Å². The highest BCUT2D eigenvalue weighted by Gasteiger charge is 2.20. The second-order valence-electron chi connectivity index (χ2n) is 4.77. The quantitative estimate of drug-likeness (QED) is 0.657. The van der Waals surface area contributed by atoms with Gasteiger partial charge >= 0.3 is 5.97 Å². The van der Waals surface area contributed by atoms with Crippen LogP contribution in [0.25, 0.3) is 0 Å². The molecule has 2 rings (SSSR count). The minimum atomic E-state index is -0.962. The maximum atomic E-state index is 12.0. The molecule has 1 atom stereocenters. The zero-order valence-corrected chi connectivity index (χ0v) is 14.0. The summed E-state index contributed by atoms with van der Waals surface area (Å²) in [5.41, 5.74) is 1.07. The first kappa shape index (κ1) is 17.2. The zero-order chi connectivity index (χ0) is 17.0. The molecule has 120 valence electrons. The summed E-state index contributed by atoms with van der Waals surface area (Å²) in [6.07, 6.45) is -0.962. The van der Waals surface area contributed by atoms with Gasteiger partial charge in [0.2, 0.25) is 0 Å². The average Bonchev–Trinajstić information content (AvgIpc) is 2.94. The summed E-state index contributed by atoms with van der Waals surface area (Å²) in [6, 6.07) is 9.58. The summed E-state index contributed by atoms with van der Waals surface area (Å²) < 4.78 is 5.56. The summed E-state index contributed by atoms with van der Waals surface area (Å²) in [7, 11) is 0. The molecule has 0 spiro atoms. The Morgan fingerprint density at radius 1 is 1.13 bits per heavy atom. The van der Waals surface area contributed by atoms with Crippen molar-refractivity contribution in [2.24, 2.45) is 0 Å². The van der Waals surface area contributed by atoms with E-state index in [0.29, 0.717) is 20.5 Å². The number of amides is 1. The number of hydrogen-bond acceptors (Lipinski definition) is 5. The molecule has 0 aliphatic carbocycles. The van der Waals surface area contributed by atoms with Crippen molar-refractivity contribution < 1.29 is 19.1 Å². The number of Topliss-reactive ketones (excluding diaryl/α,β-unsaturated/α-hetero) is 1. The van der Waals surface area contributed by atoms with Crippen LogP contribution >= 0.6 is 22.9 Å². The number of rotatable bonds is 5. The van der Waals surface area contributed by atoms with Gasteiger partial charge in [-0.2, -0.15) is 0 Å². The largest absolute Gasteiger partial charge is 0.448 e. The van der Waals surface area contributed by atoms with E-state index in [0.717, 1.165) is 11.3 Å². The van der Waals surface area contributed by atoms with Crippen molar-refractivity contribution in [2.75, 3.05) is 5.32 Å². The molecule has 1 aromatic heterocycles. The first-order valence-electron chi connectivity index (χ1n) is 6.75. The minimum absolute atomic E-state index is 0.0558. The molecule has 1 N–H and O–H groups in total. The van der Waals surface area contributed by atoms with E-state index >= 15 is 0 Å². The van der Waals surface area contributed by atoms with E-state index in [2.05, 4.69) is 5.32 Å². The molecule has 0 radical (unpaired) electrons. The smallest absolute Gasteiger partial charge is 0.349 e. The fourth-order valence-corrected chi connectivity index (χ4v) is 2.65. The zero-order valence-electron chi connectivity index (χ0n) is 12.5. The molecule has 0 saturated heterocycles. The molecule has 0 bridgehead atoms. The summed E-state index contributed by atoms with van der Waals surface area (Å²) in [6.45, 7) is 2.94. The van der Waals surface area contributed by atoms with Gasteiger partial charge in [-0.1, -0.05) is 11.6 Å². The van der Waals surface area contributed by atoms with Crippen LogP contribution in [0.1, 0.15) is 33.9 Å². The molecular formula is C16H14ClNO4S. The first-order valence-corrected chi connectivity index (χ1v) is 7.94. The van der Waals surface area contributed by atoms with Crippen molar-refractivity contribution in [1.82, 2.24) is 0 Å². The average molecular weight is 352 g/mol. The third-order valence-corrected chi connectivity index (χ3v) is 4.20. The number of ether oxygens (including phenoxy) is 1. The van der Waals surface area contributed by atoms with Crippen LogP contribution in [0.15, 0.2) is 36.4 Å². The van der Waals surface area contributed by atoms with Gasteiger partial charge in [0.15, 0.2) is 11.9 Å². The molecule has 0 aliphatic rings. The Hall–Kier alpha value is -2.18. The number of nitrogens with one attached hydrogen (secondary N) is 1. The Bertz CT molecular complexity index is 739. The van der Waals surface area contributed by atoms with Gasteiger partial charge in [-0.15, -0.1) is 11.3 Å². The lowest BCUT2D eigenvalue weighted by atomic mass is 10.1. The number of hydrogen-bond donors (Lipinski definition) is 1. The van der Waals surface area contributed by atoms with Gasteiger partial charge in [0.25, 0.3) is 5.91 Å². The van der Waals surface area contributed by atoms with Gasteiger partial charge in [0.1, 0.15) is 4.88 Å². The number of halogens is 1. The number of anilines is 1. The molecule has 23 heavy (non-hydrogen) atoms. The second-order valence-corrected chi connectivity index (χ2v) is 6.49. The maximum Gasteiger partial charge on any atom is 0.349 e. The van der Waals surface area contributed by atoms with Gasteiger partial charge in [-0.3, -0.25) is 9.59 Å². The molecule has 2 aromatic rings. The summed E-state index contributed by atoms with van der Waals surface area (Å²) in [5, 5.41) is 2.62. The van der Waals surface area contributed by atoms with Crippen LogP contribution in [0.3, 0.4) is 0 Å². The van der Waals surface area contributed by atoms with Crippen LogP contribution in [-0.2, 0) is 9.53 Å². The van der Waals surface area contributed by atoms with Crippen LogP contribution in [0, 0.1) is 0 Å². The number of thiophene rings is 1. The van der Waals surface area contributed by atoms with E-state index in [1.807, 2.05) is 0 Å². The standard InChI is InChI=1S/C16H14ClNO4S/c1-9(19)11-3-5-12(6-4-11)18-15(20)10(2)22-16(21)13-7-8-14(17)23-13/h3-8,10H,1-2H3,(H,18,20)/t10-/m0/s1. The van der Waals surface area contributed by atoms with Gasteiger partial charge in [0, 0.05) is 11.3 Å². The Labute approximate surface area is 142 Å². The number of benzene rings is 1. The van der Waals surface area contributed by atoms with Crippen molar-refractivity contribution in [3.63, 3.8) is 0 Å². The maximum absolute atomic E-state index is 12.0. The topological polar surface area (TPSA) is 72.5 Å². The molecule has 0 fully saturated rings. The lowest BCUT2D eigenvalue weighted by molar-refractivity contribution is -0.123. The van der Waals surface area contributed by atoms with Crippen LogP contribution in [0.2, 0.25) is 4.34 Å². The van der Waals surface area contributed by atoms with Crippen LogP contribution in [0.4, 0.5) is 5.69 Å². The molecule has 5 nitrogen and oxygen atoms in total. The third kappa shape index (κ3) is 4.64. The lowest BCUT2D eigenvalue weighted by Gasteiger charge is -2.13.